The summed E-state index contributed by atoms with van der Waals surface area (Å²) in [6.07, 6.45) is -4.45. The molecule has 1 atom stereocenters. The Morgan fingerprint density at radius 1 is 1.30 bits per heavy atom. The number of halogens is 4. The molecular weight excluding hydrogens is 359 g/mol. The van der Waals surface area contributed by atoms with Gasteiger partial charge in [0.25, 0.3) is 0 Å². The highest BCUT2D eigenvalue weighted by molar-refractivity contribution is 9.10. The lowest BCUT2D eigenvalue weighted by molar-refractivity contribution is -0.137. The van der Waals surface area contributed by atoms with E-state index in [-0.39, 0.29) is 21.7 Å². The smallest absolute Gasteiger partial charge is 0.382 e. The Bertz CT molecular complexity index is 573. The molecule has 0 bridgehead atoms. The lowest BCUT2D eigenvalue weighted by Gasteiger charge is -2.17. The zero-order valence-corrected chi connectivity index (χ0v) is 13.4. The van der Waals surface area contributed by atoms with Gasteiger partial charge in [0, 0.05) is 22.0 Å². The third-order valence-electron chi connectivity index (χ3n) is 2.58. The van der Waals surface area contributed by atoms with Crippen molar-refractivity contribution in [2.75, 3.05) is 16.8 Å². The van der Waals surface area contributed by atoms with Crippen molar-refractivity contribution in [3.8, 4) is 0 Å². The molecule has 3 nitrogen and oxygen atoms in total. The SMILES string of the molecule is CCS(=O)(=O)CC(C)Nc1cc(Br)cc(C(F)(F)F)c1. The molecule has 20 heavy (non-hydrogen) atoms. The highest BCUT2D eigenvalue weighted by atomic mass is 79.9. The summed E-state index contributed by atoms with van der Waals surface area (Å²) < 4.78 is 61.2. The number of hydrogen-bond acceptors (Lipinski definition) is 3. The summed E-state index contributed by atoms with van der Waals surface area (Å²) in [4.78, 5) is 0. The molecule has 0 radical (unpaired) electrons. The maximum Gasteiger partial charge on any atom is 0.416 e. The molecule has 0 aromatic heterocycles. The molecule has 1 N–H and O–H groups in total. The Morgan fingerprint density at radius 2 is 1.90 bits per heavy atom. The fraction of sp³-hybridized carbons (Fsp3) is 0.500. The first-order valence-corrected chi connectivity index (χ1v) is 8.49. The van der Waals surface area contributed by atoms with Crippen LogP contribution >= 0.6 is 15.9 Å². The highest BCUT2D eigenvalue weighted by Crippen LogP contribution is 2.33. The summed E-state index contributed by atoms with van der Waals surface area (Å²) >= 11 is 3.01. The molecule has 0 aliphatic rings. The van der Waals surface area contributed by atoms with Gasteiger partial charge in [0.1, 0.15) is 0 Å². The predicted molar refractivity (Wildman–Crippen MR) is 76.6 cm³/mol. The maximum atomic E-state index is 12.7. The summed E-state index contributed by atoms with van der Waals surface area (Å²) in [6, 6.07) is 2.93. The second-order valence-electron chi connectivity index (χ2n) is 4.47. The zero-order chi connectivity index (χ0) is 15.6. The van der Waals surface area contributed by atoms with Gasteiger partial charge in [0.15, 0.2) is 9.84 Å². The Balaban J connectivity index is 2.91. The monoisotopic (exact) mass is 373 g/mol. The largest absolute Gasteiger partial charge is 0.416 e. The molecule has 0 aliphatic carbocycles. The Morgan fingerprint density at radius 3 is 2.40 bits per heavy atom. The molecule has 1 unspecified atom stereocenters. The second-order valence-corrected chi connectivity index (χ2v) is 7.78. The van der Waals surface area contributed by atoms with E-state index in [1.807, 2.05) is 0 Å². The lowest BCUT2D eigenvalue weighted by atomic mass is 10.2. The minimum Gasteiger partial charge on any atom is -0.382 e. The van der Waals surface area contributed by atoms with Gasteiger partial charge in [0.05, 0.1) is 11.3 Å². The number of alkyl halides is 3. The summed E-state index contributed by atoms with van der Waals surface area (Å²) in [7, 11) is -3.18. The Kier molecular flexibility index (Phi) is 5.48. The lowest BCUT2D eigenvalue weighted by Crippen LogP contribution is -2.26. The van der Waals surface area contributed by atoms with E-state index in [0.29, 0.717) is 0 Å². The van der Waals surface area contributed by atoms with Gasteiger partial charge in [-0.05, 0) is 25.1 Å². The van der Waals surface area contributed by atoms with Gasteiger partial charge in [-0.25, -0.2) is 8.42 Å². The number of hydrogen-bond donors (Lipinski definition) is 1. The van der Waals surface area contributed by atoms with Crippen LogP contribution in [0.4, 0.5) is 18.9 Å². The second kappa shape index (κ2) is 6.34. The zero-order valence-electron chi connectivity index (χ0n) is 11.0. The normalized spacial score (nSPS) is 14.1. The first-order valence-electron chi connectivity index (χ1n) is 5.88. The van der Waals surface area contributed by atoms with Crippen LogP contribution in [-0.4, -0.2) is 26.0 Å². The summed E-state index contributed by atoms with van der Waals surface area (Å²) in [6.45, 7) is 3.14. The van der Waals surface area contributed by atoms with Gasteiger partial charge in [-0.1, -0.05) is 22.9 Å². The summed E-state index contributed by atoms with van der Waals surface area (Å²) in [5.41, 5.74) is -0.564. The van der Waals surface area contributed by atoms with Crippen molar-refractivity contribution in [2.45, 2.75) is 26.1 Å². The molecule has 0 saturated carbocycles. The number of nitrogens with one attached hydrogen (secondary N) is 1. The topological polar surface area (TPSA) is 46.2 Å². The fourth-order valence-corrected chi connectivity index (χ4v) is 3.24. The van der Waals surface area contributed by atoms with E-state index in [2.05, 4.69) is 21.2 Å². The van der Waals surface area contributed by atoms with Crippen LogP contribution in [0, 0.1) is 0 Å². The van der Waals surface area contributed by atoms with E-state index in [9.17, 15) is 21.6 Å². The van der Waals surface area contributed by atoms with Crippen molar-refractivity contribution >= 4 is 31.5 Å². The van der Waals surface area contributed by atoms with Gasteiger partial charge >= 0.3 is 6.18 Å². The van der Waals surface area contributed by atoms with Crippen LogP contribution in [0.15, 0.2) is 22.7 Å². The molecule has 1 aromatic carbocycles. The van der Waals surface area contributed by atoms with Crippen LogP contribution in [0.2, 0.25) is 0 Å². The molecule has 0 fully saturated rings. The van der Waals surface area contributed by atoms with Crippen LogP contribution in [-0.2, 0) is 16.0 Å². The third kappa shape index (κ3) is 5.32. The number of sulfone groups is 1. The third-order valence-corrected chi connectivity index (χ3v) is 4.93. The van der Waals surface area contributed by atoms with E-state index in [1.54, 1.807) is 6.92 Å². The number of rotatable bonds is 5. The molecule has 1 rings (SSSR count). The first kappa shape index (κ1) is 17.3. The minimum absolute atomic E-state index is 0.00526. The summed E-state index contributed by atoms with van der Waals surface area (Å²) in [5, 5.41) is 2.78. The van der Waals surface area contributed by atoms with E-state index in [0.717, 1.165) is 12.1 Å². The molecule has 114 valence electrons. The fourth-order valence-electron chi connectivity index (χ4n) is 1.66. The van der Waals surface area contributed by atoms with Crippen molar-refractivity contribution < 1.29 is 21.6 Å². The Labute approximate surface area is 124 Å². The van der Waals surface area contributed by atoms with Crippen LogP contribution in [0.25, 0.3) is 0 Å². The van der Waals surface area contributed by atoms with Gasteiger partial charge in [0.2, 0.25) is 0 Å². The molecule has 0 saturated heterocycles. The predicted octanol–water partition coefficient (Wildman–Crippen LogP) is 3.70. The maximum absolute atomic E-state index is 12.7. The average Bonchev–Trinajstić information content (AvgIpc) is 2.26. The van der Waals surface area contributed by atoms with E-state index in [1.165, 1.54) is 13.0 Å². The molecule has 0 aliphatic heterocycles. The van der Waals surface area contributed by atoms with Crippen molar-refractivity contribution in [3.05, 3.63) is 28.2 Å². The molecule has 0 spiro atoms. The van der Waals surface area contributed by atoms with Gasteiger partial charge < -0.3 is 5.32 Å². The van der Waals surface area contributed by atoms with Crippen molar-refractivity contribution in [1.82, 2.24) is 0 Å². The molecular formula is C12H15BrF3NO2S. The van der Waals surface area contributed by atoms with Gasteiger partial charge in [-0.3, -0.25) is 0 Å². The summed E-state index contributed by atoms with van der Waals surface area (Å²) in [5.74, 6) is -0.122. The molecule has 0 amide bonds. The molecule has 1 aromatic rings. The van der Waals surface area contributed by atoms with E-state index < -0.39 is 27.6 Å². The van der Waals surface area contributed by atoms with Crippen molar-refractivity contribution in [3.63, 3.8) is 0 Å². The highest BCUT2D eigenvalue weighted by Gasteiger charge is 2.31. The average molecular weight is 374 g/mol. The quantitative estimate of drug-likeness (QED) is 0.855. The molecule has 0 heterocycles. The van der Waals surface area contributed by atoms with Crippen LogP contribution in [0.5, 0.6) is 0 Å². The number of anilines is 1. The Hall–Kier alpha value is -0.760. The van der Waals surface area contributed by atoms with Gasteiger partial charge in [-0.2, -0.15) is 13.2 Å². The minimum atomic E-state index is -4.45. The van der Waals surface area contributed by atoms with Gasteiger partial charge in [-0.15, -0.1) is 0 Å². The van der Waals surface area contributed by atoms with Crippen LogP contribution < -0.4 is 5.32 Å². The van der Waals surface area contributed by atoms with Crippen molar-refractivity contribution in [2.24, 2.45) is 0 Å². The van der Waals surface area contributed by atoms with E-state index in [4.69, 9.17) is 0 Å². The first-order chi connectivity index (χ1) is 9.03. The van der Waals surface area contributed by atoms with E-state index >= 15 is 0 Å². The van der Waals surface area contributed by atoms with Crippen molar-refractivity contribution in [1.29, 1.82) is 0 Å². The van der Waals surface area contributed by atoms with Crippen LogP contribution in [0.1, 0.15) is 19.4 Å². The van der Waals surface area contributed by atoms with Crippen LogP contribution in [0.3, 0.4) is 0 Å². The number of benzene rings is 1. The molecule has 8 heteroatoms. The standard InChI is InChI=1S/C12H15BrF3NO2S/c1-3-20(18,19)7-8(2)17-11-5-9(12(14,15)16)4-10(13)6-11/h4-6,8,17H,3,7H2,1-2H3.